The molecule has 1 nitrogen and oxygen atoms in total. The molecule has 54 valence electrons. The smallest absolute Gasteiger partial charge is 0.131 e. The molecule has 1 rings (SSSR count). The molecule has 0 amide bonds. The molecular weight excluding hydrogens is 136 g/mol. The molecule has 0 unspecified atom stereocenters. The molecule has 3 atom stereocenters. The highest BCUT2D eigenvalue weighted by molar-refractivity contribution is 6.19. The monoisotopic (exact) mass is 148 g/mol. The molecule has 1 aliphatic heterocycles. The SMILES string of the molecule is CC[C@H]1O[C@H](Cl)C[C@@H]1C. The molecule has 0 aliphatic carbocycles. The highest BCUT2D eigenvalue weighted by atomic mass is 35.5. The Morgan fingerprint density at radius 3 is 2.56 bits per heavy atom. The van der Waals surface area contributed by atoms with Crippen LogP contribution in [0.4, 0.5) is 0 Å². The van der Waals surface area contributed by atoms with Crippen LogP contribution in [0.3, 0.4) is 0 Å². The third-order valence-corrected chi connectivity index (χ3v) is 2.20. The van der Waals surface area contributed by atoms with Crippen LogP contribution < -0.4 is 0 Å². The van der Waals surface area contributed by atoms with Crippen molar-refractivity contribution in [3.8, 4) is 0 Å². The second kappa shape index (κ2) is 2.89. The number of halogens is 1. The van der Waals surface area contributed by atoms with E-state index in [-0.39, 0.29) is 5.56 Å². The number of ether oxygens (including phenoxy) is 1. The summed E-state index contributed by atoms with van der Waals surface area (Å²) in [5, 5.41) is 0. The Kier molecular flexibility index (Phi) is 2.36. The minimum atomic E-state index is -0.0232. The van der Waals surface area contributed by atoms with Crippen LogP contribution >= 0.6 is 11.6 Å². The molecule has 2 heteroatoms. The van der Waals surface area contributed by atoms with Crippen molar-refractivity contribution in [2.24, 2.45) is 5.92 Å². The van der Waals surface area contributed by atoms with Gasteiger partial charge in [-0.05, 0) is 18.8 Å². The summed E-state index contributed by atoms with van der Waals surface area (Å²) >= 11 is 5.76. The first-order valence-electron chi connectivity index (χ1n) is 3.53. The van der Waals surface area contributed by atoms with Gasteiger partial charge in [-0.2, -0.15) is 0 Å². The minimum Gasteiger partial charge on any atom is -0.359 e. The Morgan fingerprint density at radius 1 is 1.67 bits per heavy atom. The van der Waals surface area contributed by atoms with Gasteiger partial charge in [-0.15, -0.1) is 0 Å². The van der Waals surface area contributed by atoms with Gasteiger partial charge in [0.1, 0.15) is 5.56 Å². The van der Waals surface area contributed by atoms with E-state index in [1.54, 1.807) is 0 Å². The fraction of sp³-hybridized carbons (Fsp3) is 1.00. The van der Waals surface area contributed by atoms with Crippen LogP contribution in [0.5, 0.6) is 0 Å². The van der Waals surface area contributed by atoms with Gasteiger partial charge in [-0.25, -0.2) is 0 Å². The van der Waals surface area contributed by atoms with Crippen molar-refractivity contribution in [2.45, 2.75) is 38.4 Å². The summed E-state index contributed by atoms with van der Waals surface area (Å²) < 4.78 is 5.39. The maximum atomic E-state index is 5.76. The molecule has 0 aromatic rings. The Morgan fingerprint density at radius 2 is 2.33 bits per heavy atom. The number of hydrogen-bond donors (Lipinski definition) is 0. The normalized spacial score (nSPS) is 43.7. The van der Waals surface area contributed by atoms with Gasteiger partial charge in [-0.3, -0.25) is 0 Å². The summed E-state index contributed by atoms with van der Waals surface area (Å²) in [6.07, 6.45) is 2.51. The van der Waals surface area contributed by atoms with Crippen LogP contribution in [0, 0.1) is 5.92 Å². The predicted octanol–water partition coefficient (Wildman–Crippen LogP) is 2.39. The van der Waals surface area contributed by atoms with E-state index in [9.17, 15) is 0 Å². The van der Waals surface area contributed by atoms with Gasteiger partial charge in [0, 0.05) is 0 Å². The van der Waals surface area contributed by atoms with Crippen LogP contribution in [0.2, 0.25) is 0 Å². The molecular formula is C7H13ClO. The Bertz CT molecular complexity index is 94.9. The minimum absolute atomic E-state index is 0.0232. The average molecular weight is 149 g/mol. The maximum Gasteiger partial charge on any atom is 0.131 e. The number of rotatable bonds is 1. The number of alkyl halides is 1. The molecule has 1 aliphatic rings. The molecule has 9 heavy (non-hydrogen) atoms. The van der Waals surface area contributed by atoms with Gasteiger partial charge in [-0.1, -0.05) is 25.4 Å². The lowest BCUT2D eigenvalue weighted by atomic mass is 10.0. The standard InChI is InChI=1S/C7H13ClO/c1-3-6-5(2)4-7(8)9-6/h5-7H,3-4H2,1-2H3/t5-,6+,7-/m0/s1. The molecule has 1 saturated heterocycles. The summed E-state index contributed by atoms with van der Waals surface area (Å²) in [5.74, 6) is 0.650. The van der Waals surface area contributed by atoms with E-state index in [4.69, 9.17) is 16.3 Å². The van der Waals surface area contributed by atoms with Crippen molar-refractivity contribution in [3.05, 3.63) is 0 Å². The van der Waals surface area contributed by atoms with E-state index in [1.807, 2.05) is 0 Å². The van der Waals surface area contributed by atoms with Gasteiger partial charge in [0.05, 0.1) is 6.10 Å². The third-order valence-electron chi connectivity index (χ3n) is 1.92. The van der Waals surface area contributed by atoms with Crippen molar-refractivity contribution >= 4 is 11.6 Å². The quantitative estimate of drug-likeness (QED) is 0.519. The summed E-state index contributed by atoms with van der Waals surface area (Å²) in [7, 11) is 0. The molecule has 0 N–H and O–H groups in total. The first kappa shape index (κ1) is 7.36. The molecule has 0 spiro atoms. The maximum absolute atomic E-state index is 5.76. The zero-order valence-corrected chi connectivity index (χ0v) is 6.69. The lowest BCUT2D eigenvalue weighted by Crippen LogP contribution is -2.11. The fourth-order valence-corrected chi connectivity index (χ4v) is 1.74. The summed E-state index contributed by atoms with van der Waals surface area (Å²) in [6.45, 7) is 4.33. The molecule has 0 bridgehead atoms. The second-order valence-electron chi connectivity index (χ2n) is 2.71. The third kappa shape index (κ3) is 1.59. The first-order valence-corrected chi connectivity index (χ1v) is 3.97. The predicted molar refractivity (Wildman–Crippen MR) is 38.6 cm³/mol. The Balaban J connectivity index is 2.38. The zero-order valence-electron chi connectivity index (χ0n) is 5.93. The van der Waals surface area contributed by atoms with Crippen molar-refractivity contribution in [3.63, 3.8) is 0 Å². The highest BCUT2D eigenvalue weighted by Gasteiger charge is 2.28. The van der Waals surface area contributed by atoms with E-state index < -0.39 is 0 Å². The molecule has 1 heterocycles. The van der Waals surface area contributed by atoms with Crippen molar-refractivity contribution in [1.29, 1.82) is 0 Å². The van der Waals surface area contributed by atoms with Crippen LogP contribution in [-0.2, 0) is 4.74 Å². The molecule has 1 fully saturated rings. The summed E-state index contributed by atoms with van der Waals surface area (Å²) in [6, 6.07) is 0. The van der Waals surface area contributed by atoms with Gasteiger partial charge >= 0.3 is 0 Å². The molecule has 0 aromatic carbocycles. The fourth-order valence-electron chi connectivity index (χ4n) is 1.32. The van der Waals surface area contributed by atoms with E-state index in [1.165, 1.54) is 0 Å². The van der Waals surface area contributed by atoms with Crippen LogP contribution in [-0.4, -0.2) is 11.7 Å². The van der Waals surface area contributed by atoms with Crippen molar-refractivity contribution < 1.29 is 4.74 Å². The molecule has 0 aromatic heterocycles. The van der Waals surface area contributed by atoms with E-state index in [0.717, 1.165) is 12.8 Å². The van der Waals surface area contributed by atoms with Gasteiger partial charge in [0.15, 0.2) is 0 Å². The number of hydrogen-bond acceptors (Lipinski definition) is 1. The van der Waals surface area contributed by atoms with Gasteiger partial charge in [0.25, 0.3) is 0 Å². The molecule has 0 saturated carbocycles. The van der Waals surface area contributed by atoms with E-state index >= 15 is 0 Å². The van der Waals surface area contributed by atoms with Crippen LogP contribution in [0.1, 0.15) is 26.7 Å². The highest BCUT2D eigenvalue weighted by Crippen LogP contribution is 2.29. The van der Waals surface area contributed by atoms with Gasteiger partial charge < -0.3 is 4.74 Å². The van der Waals surface area contributed by atoms with Crippen molar-refractivity contribution in [2.75, 3.05) is 0 Å². The van der Waals surface area contributed by atoms with E-state index in [0.29, 0.717) is 12.0 Å². The molecule has 0 radical (unpaired) electrons. The zero-order chi connectivity index (χ0) is 6.85. The first-order chi connectivity index (χ1) is 4.24. The second-order valence-corrected chi connectivity index (χ2v) is 3.19. The summed E-state index contributed by atoms with van der Waals surface area (Å²) in [4.78, 5) is 0. The van der Waals surface area contributed by atoms with Gasteiger partial charge in [0.2, 0.25) is 0 Å². The lowest BCUT2D eigenvalue weighted by molar-refractivity contribution is 0.0721. The van der Waals surface area contributed by atoms with Crippen LogP contribution in [0.15, 0.2) is 0 Å². The topological polar surface area (TPSA) is 9.23 Å². The van der Waals surface area contributed by atoms with E-state index in [2.05, 4.69) is 13.8 Å². The summed E-state index contributed by atoms with van der Waals surface area (Å²) in [5.41, 5.74) is -0.0232. The Labute approximate surface area is 61.3 Å². The van der Waals surface area contributed by atoms with Crippen LogP contribution in [0.25, 0.3) is 0 Å². The average Bonchev–Trinajstić information content (AvgIpc) is 2.10. The Hall–Kier alpha value is 0.250. The largest absolute Gasteiger partial charge is 0.359 e. The lowest BCUT2D eigenvalue weighted by Gasteiger charge is -2.09. The van der Waals surface area contributed by atoms with Crippen molar-refractivity contribution in [1.82, 2.24) is 0 Å².